The van der Waals surface area contributed by atoms with Crippen LogP contribution in [-0.2, 0) is 13.0 Å². The van der Waals surface area contributed by atoms with E-state index in [1.54, 1.807) is 0 Å². The van der Waals surface area contributed by atoms with E-state index in [9.17, 15) is 10.2 Å². The van der Waals surface area contributed by atoms with Crippen molar-refractivity contribution in [2.75, 3.05) is 13.2 Å². The molecule has 1 aromatic rings. The van der Waals surface area contributed by atoms with Crippen molar-refractivity contribution >= 4 is 12.4 Å². The molecular weight excluding hydrogens is 388 g/mol. The molecule has 4 N–H and O–H groups in total. The number of nitrogens with zero attached hydrogens (tertiary/aromatic N) is 3. The Bertz CT molecular complexity index is 481. The second-order valence-corrected chi connectivity index (χ2v) is 8.39. The number of nitrogens with two attached hydrogens (primary N) is 1. The zero-order chi connectivity index (χ0) is 20.5. The molecule has 0 radical (unpaired) electrons. The fourth-order valence-electron chi connectivity index (χ4n) is 3.51. The van der Waals surface area contributed by atoms with Crippen LogP contribution in [-0.4, -0.2) is 44.0 Å². The van der Waals surface area contributed by atoms with E-state index in [-0.39, 0.29) is 25.6 Å². The Morgan fingerprint density at radius 1 is 0.862 bits per heavy atom. The van der Waals surface area contributed by atoms with E-state index in [1.165, 1.54) is 70.6 Å². The second-order valence-electron chi connectivity index (χ2n) is 8.39. The quantitative estimate of drug-likeness (QED) is 0.281. The Hall–Kier alpha value is -0.690. The van der Waals surface area contributed by atoms with Gasteiger partial charge in [0.05, 0.1) is 24.4 Å². The van der Waals surface area contributed by atoms with Gasteiger partial charge in [-0.05, 0) is 25.7 Å². The van der Waals surface area contributed by atoms with Gasteiger partial charge in [0.1, 0.15) is 0 Å². The fraction of sp³-hybridized carbons (Fsp3) is 0.909. The van der Waals surface area contributed by atoms with Crippen molar-refractivity contribution in [2.24, 2.45) is 5.73 Å². The van der Waals surface area contributed by atoms with Crippen LogP contribution < -0.4 is 5.73 Å². The van der Waals surface area contributed by atoms with Crippen LogP contribution in [0.3, 0.4) is 0 Å². The van der Waals surface area contributed by atoms with Gasteiger partial charge in [0.15, 0.2) is 0 Å². The molecule has 1 heterocycles. The molecule has 0 aromatic carbocycles. The zero-order valence-electron chi connectivity index (χ0n) is 18.5. The Morgan fingerprint density at radius 3 is 1.90 bits per heavy atom. The Kier molecular flexibility index (Phi) is 17.7. The standard InChI is InChI=1S/C22H44N4O2.ClH/c1-2-3-4-5-6-7-8-9-10-11-12-13-17-26-18-21(24-25-26)15-14-16-22(23,19-27)20-28;/h18,27-28H,2-17,19-20,23H2,1H3;1H. The summed E-state index contributed by atoms with van der Waals surface area (Å²) in [5.74, 6) is 0. The van der Waals surface area contributed by atoms with E-state index in [0.29, 0.717) is 6.42 Å². The number of aromatic nitrogens is 3. The van der Waals surface area contributed by atoms with Gasteiger partial charge >= 0.3 is 0 Å². The summed E-state index contributed by atoms with van der Waals surface area (Å²) in [4.78, 5) is 0. The summed E-state index contributed by atoms with van der Waals surface area (Å²) in [6.07, 6.45) is 20.4. The van der Waals surface area contributed by atoms with Crippen molar-refractivity contribution in [3.63, 3.8) is 0 Å². The summed E-state index contributed by atoms with van der Waals surface area (Å²) < 4.78 is 1.93. The number of halogens is 1. The van der Waals surface area contributed by atoms with E-state index in [0.717, 1.165) is 31.5 Å². The van der Waals surface area contributed by atoms with E-state index >= 15 is 0 Å². The summed E-state index contributed by atoms with van der Waals surface area (Å²) in [5, 5.41) is 26.8. The molecule has 0 saturated carbocycles. The number of aliphatic hydroxyl groups is 2. The summed E-state index contributed by atoms with van der Waals surface area (Å²) in [5.41, 5.74) is 5.95. The molecule has 1 rings (SSSR count). The molecule has 1 aromatic heterocycles. The maximum Gasteiger partial charge on any atom is 0.0827 e. The number of hydrogen-bond donors (Lipinski definition) is 3. The highest BCUT2D eigenvalue weighted by molar-refractivity contribution is 5.85. The first-order valence-corrected chi connectivity index (χ1v) is 11.5. The summed E-state index contributed by atoms with van der Waals surface area (Å²) >= 11 is 0. The molecule has 0 atom stereocenters. The first kappa shape index (κ1) is 28.3. The van der Waals surface area contributed by atoms with E-state index in [2.05, 4.69) is 17.2 Å². The molecule has 0 bridgehead atoms. The van der Waals surface area contributed by atoms with Gasteiger partial charge in [0.25, 0.3) is 0 Å². The third-order valence-electron chi connectivity index (χ3n) is 5.56. The highest BCUT2D eigenvalue weighted by Gasteiger charge is 2.22. The number of hydrogen-bond acceptors (Lipinski definition) is 5. The van der Waals surface area contributed by atoms with Crippen molar-refractivity contribution in [1.82, 2.24) is 15.0 Å². The topological polar surface area (TPSA) is 97.2 Å². The highest BCUT2D eigenvalue weighted by Crippen LogP contribution is 2.13. The maximum atomic E-state index is 9.21. The van der Waals surface area contributed by atoms with Gasteiger partial charge in [0.2, 0.25) is 0 Å². The molecule has 0 amide bonds. The Labute approximate surface area is 184 Å². The predicted octanol–water partition coefficient (Wildman–Crippen LogP) is 4.41. The number of rotatable bonds is 19. The lowest BCUT2D eigenvalue weighted by Crippen LogP contribution is -2.47. The molecule has 0 aliphatic rings. The molecule has 0 aliphatic carbocycles. The number of unbranched alkanes of at least 4 members (excludes halogenated alkanes) is 11. The van der Waals surface area contributed by atoms with Gasteiger partial charge < -0.3 is 15.9 Å². The molecule has 6 nitrogen and oxygen atoms in total. The average molecular weight is 433 g/mol. The van der Waals surface area contributed by atoms with E-state index in [1.807, 2.05) is 10.9 Å². The smallest absolute Gasteiger partial charge is 0.0827 e. The van der Waals surface area contributed by atoms with E-state index in [4.69, 9.17) is 5.73 Å². The van der Waals surface area contributed by atoms with Crippen LogP contribution in [0, 0.1) is 0 Å². The predicted molar refractivity (Wildman–Crippen MR) is 122 cm³/mol. The summed E-state index contributed by atoms with van der Waals surface area (Å²) in [6, 6.07) is 0. The summed E-state index contributed by atoms with van der Waals surface area (Å²) in [6.45, 7) is 2.80. The molecular formula is C22H45ClN4O2. The SMILES string of the molecule is CCCCCCCCCCCCCCn1cc(CCCC(N)(CO)CO)nn1.Cl. The van der Waals surface area contributed by atoms with Crippen molar-refractivity contribution in [3.05, 3.63) is 11.9 Å². The molecule has 7 heteroatoms. The Morgan fingerprint density at radius 2 is 1.38 bits per heavy atom. The first-order valence-electron chi connectivity index (χ1n) is 11.5. The maximum absolute atomic E-state index is 9.21. The van der Waals surface area contributed by atoms with Crippen molar-refractivity contribution in [1.29, 1.82) is 0 Å². The molecule has 0 spiro atoms. The van der Waals surface area contributed by atoms with Crippen molar-refractivity contribution in [2.45, 2.75) is 115 Å². The largest absolute Gasteiger partial charge is 0.394 e. The lowest BCUT2D eigenvalue weighted by atomic mass is 9.95. The molecule has 172 valence electrons. The van der Waals surface area contributed by atoms with Gasteiger partial charge in [0, 0.05) is 12.7 Å². The van der Waals surface area contributed by atoms with Crippen LogP contribution in [0.5, 0.6) is 0 Å². The van der Waals surface area contributed by atoms with Gasteiger partial charge in [-0.25, -0.2) is 0 Å². The van der Waals surface area contributed by atoms with Gasteiger partial charge in [-0.15, -0.1) is 17.5 Å². The summed E-state index contributed by atoms with van der Waals surface area (Å²) in [7, 11) is 0. The highest BCUT2D eigenvalue weighted by atomic mass is 35.5. The number of aryl methyl sites for hydroxylation is 2. The van der Waals surface area contributed by atoms with Crippen LogP contribution in [0.25, 0.3) is 0 Å². The lowest BCUT2D eigenvalue weighted by Gasteiger charge is -2.23. The Balaban J connectivity index is 0.00000784. The van der Waals surface area contributed by atoms with Gasteiger partial charge in [-0.2, -0.15) is 0 Å². The van der Waals surface area contributed by atoms with Crippen LogP contribution in [0.15, 0.2) is 6.20 Å². The van der Waals surface area contributed by atoms with Crippen molar-refractivity contribution in [3.8, 4) is 0 Å². The lowest BCUT2D eigenvalue weighted by molar-refractivity contribution is 0.113. The minimum Gasteiger partial charge on any atom is -0.394 e. The van der Waals surface area contributed by atoms with Crippen LogP contribution in [0.2, 0.25) is 0 Å². The number of aliphatic hydroxyl groups excluding tert-OH is 2. The molecule has 0 saturated heterocycles. The third-order valence-corrected chi connectivity index (χ3v) is 5.56. The van der Waals surface area contributed by atoms with Crippen molar-refractivity contribution < 1.29 is 10.2 Å². The minimum atomic E-state index is -0.884. The van der Waals surface area contributed by atoms with E-state index < -0.39 is 5.54 Å². The normalized spacial score (nSPS) is 11.6. The zero-order valence-corrected chi connectivity index (χ0v) is 19.3. The second kappa shape index (κ2) is 18.1. The van der Waals surface area contributed by atoms with Crippen LogP contribution in [0.1, 0.15) is 103 Å². The van der Waals surface area contributed by atoms with Crippen LogP contribution in [0.4, 0.5) is 0 Å². The first-order chi connectivity index (χ1) is 13.6. The van der Waals surface area contributed by atoms with Crippen LogP contribution >= 0.6 is 12.4 Å². The molecule has 0 unspecified atom stereocenters. The third kappa shape index (κ3) is 14.0. The fourth-order valence-corrected chi connectivity index (χ4v) is 3.51. The molecule has 0 fully saturated rings. The molecule has 29 heavy (non-hydrogen) atoms. The van der Waals surface area contributed by atoms with Gasteiger partial charge in [-0.3, -0.25) is 4.68 Å². The monoisotopic (exact) mass is 432 g/mol. The molecule has 0 aliphatic heterocycles. The average Bonchev–Trinajstić information content (AvgIpc) is 3.16. The minimum absolute atomic E-state index is 0. The van der Waals surface area contributed by atoms with Gasteiger partial charge in [-0.1, -0.05) is 82.8 Å².